The number of anilines is 1. The zero-order valence-electron chi connectivity index (χ0n) is 23.5. The summed E-state index contributed by atoms with van der Waals surface area (Å²) in [5, 5.41) is 6.42. The summed E-state index contributed by atoms with van der Waals surface area (Å²) in [6.07, 6.45) is 9.44. The molecule has 2 fully saturated rings. The molecule has 5 rings (SSSR count). The van der Waals surface area contributed by atoms with E-state index < -0.39 is 11.5 Å². The maximum atomic E-state index is 13.9. The van der Waals surface area contributed by atoms with E-state index in [0.29, 0.717) is 58.5 Å². The monoisotopic (exact) mass is 536 g/mol. The van der Waals surface area contributed by atoms with Crippen LogP contribution in [0.2, 0.25) is 0 Å². The highest BCUT2D eigenvalue weighted by Gasteiger charge is 2.43. The molecule has 3 amide bonds. The number of fused-ring (bicyclic) bond motifs is 2. The molecule has 8 heteroatoms. The second kappa shape index (κ2) is 12.2. The van der Waals surface area contributed by atoms with Crippen LogP contribution in [0.3, 0.4) is 0 Å². The van der Waals surface area contributed by atoms with Gasteiger partial charge in [-0.15, -0.1) is 0 Å². The van der Waals surface area contributed by atoms with Gasteiger partial charge in [-0.05, 0) is 75.6 Å². The van der Waals surface area contributed by atoms with Crippen LogP contribution in [-0.4, -0.2) is 74.1 Å². The van der Waals surface area contributed by atoms with Crippen LogP contribution in [0.15, 0.2) is 36.4 Å². The first-order chi connectivity index (χ1) is 18.8. The SMILES string of the molecule is CC(C)C[C@@H]1NC(=O)C2(C/C=C/C[C@@H]3COCC[C@@H]3NC1=O)CCN(CC(=O)N1CCc3ccccc31)CC2. The summed E-state index contributed by atoms with van der Waals surface area (Å²) in [6, 6.07) is 7.65. The molecule has 2 N–H and O–H groups in total. The fourth-order valence-electron chi connectivity index (χ4n) is 6.63. The third-order valence-corrected chi connectivity index (χ3v) is 9.09. The van der Waals surface area contributed by atoms with E-state index in [4.69, 9.17) is 4.74 Å². The number of para-hydroxylation sites is 1. The number of carbonyl (C=O) groups is 3. The molecule has 1 spiro atoms. The van der Waals surface area contributed by atoms with Gasteiger partial charge in [0.05, 0.1) is 18.6 Å². The summed E-state index contributed by atoms with van der Waals surface area (Å²) in [5.74, 6) is 0.531. The number of nitrogens with zero attached hydrogens (tertiary/aromatic N) is 2. The van der Waals surface area contributed by atoms with E-state index in [0.717, 1.165) is 31.5 Å². The number of hydrogen-bond donors (Lipinski definition) is 2. The highest BCUT2D eigenvalue weighted by atomic mass is 16.5. The van der Waals surface area contributed by atoms with Crippen LogP contribution in [0, 0.1) is 17.3 Å². The van der Waals surface area contributed by atoms with Gasteiger partial charge in [-0.3, -0.25) is 19.3 Å². The Kier molecular flexibility index (Phi) is 8.72. The molecule has 0 aliphatic carbocycles. The van der Waals surface area contributed by atoms with E-state index >= 15 is 0 Å². The van der Waals surface area contributed by atoms with Crippen molar-refractivity contribution >= 4 is 23.4 Å². The molecule has 0 unspecified atom stereocenters. The van der Waals surface area contributed by atoms with Crippen molar-refractivity contribution < 1.29 is 19.1 Å². The van der Waals surface area contributed by atoms with Gasteiger partial charge in [0.1, 0.15) is 6.04 Å². The Morgan fingerprint density at radius 1 is 1.10 bits per heavy atom. The molecule has 4 aliphatic heterocycles. The Hall–Kier alpha value is -2.71. The second-order valence-corrected chi connectivity index (χ2v) is 12.3. The minimum absolute atomic E-state index is 0.0310. The van der Waals surface area contributed by atoms with Crippen molar-refractivity contribution in [3.8, 4) is 0 Å². The molecule has 0 radical (unpaired) electrons. The predicted octanol–water partition coefficient (Wildman–Crippen LogP) is 3.06. The van der Waals surface area contributed by atoms with Crippen LogP contribution in [-0.2, 0) is 25.5 Å². The first kappa shape index (κ1) is 27.8. The van der Waals surface area contributed by atoms with Crippen molar-refractivity contribution in [2.45, 2.75) is 70.9 Å². The lowest BCUT2D eigenvalue weighted by molar-refractivity contribution is -0.138. The van der Waals surface area contributed by atoms with Gasteiger partial charge in [-0.1, -0.05) is 44.2 Å². The molecule has 8 nitrogen and oxygen atoms in total. The molecule has 1 aromatic rings. The summed E-state index contributed by atoms with van der Waals surface area (Å²) in [4.78, 5) is 44.5. The lowest BCUT2D eigenvalue weighted by Crippen LogP contribution is -2.57. The smallest absolute Gasteiger partial charge is 0.242 e. The molecule has 3 atom stereocenters. The van der Waals surface area contributed by atoms with Crippen LogP contribution >= 0.6 is 0 Å². The molecule has 4 aliphatic rings. The average Bonchev–Trinajstić information content (AvgIpc) is 3.36. The van der Waals surface area contributed by atoms with Gasteiger partial charge in [0.25, 0.3) is 0 Å². The number of allylic oxidation sites excluding steroid dienone is 2. The van der Waals surface area contributed by atoms with E-state index in [9.17, 15) is 14.4 Å². The number of nitrogens with one attached hydrogen (secondary N) is 2. The zero-order valence-corrected chi connectivity index (χ0v) is 23.5. The normalized spacial score (nSPS) is 28.6. The van der Waals surface area contributed by atoms with Crippen LogP contribution < -0.4 is 15.5 Å². The van der Waals surface area contributed by atoms with E-state index in [1.54, 1.807) is 0 Å². The summed E-state index contributed by atoms with van der Waals surface area (Å²) in [6.45, 7) is 7.92. The summed E-state index contributed by atoms with van der Waals surface area (Å²) in [7, 11) is 0. The Labute approximate surface area is 232 Å². The van der Waals surface area contributed by atoms with E-state index in [1.807, 2.05) is 23.1 Å². The van der Waals surface area contributed by atoms with Crippen LogP contribution in [0.1, 0.15) is 57.9 Å². The Bertz CT molecular complexity index is 1080. The molecule has 0 bridgehead atoms. The molecule has 2 saturated heterocycles. The van der Waals surface area contributed by atoms with E-state index in [-0.39, 0.29) is 35.6 Å². The van der Waals surface area contributed by atoms with Gasteiger partial charge in [-0.25, -0.2) is 0 Å². The van der Waals surface area contributed by atoms with Crippen molar-refractivity contribution in [3.05, 3.63) is 42.0 Å². The lowest BCUT2D eigenvalue weighted by Gasteiger charge is -2.41. The summed E-state index contributed by atoms with van der Waals surface area (Å²) >= 11 is 0. The first-order valence-electron chi connectivity index (χ1n) is 14.8. The molecule has 39 heavy (non-hydrogen) atoms. The van der Waals surface area contributed by atoms with Crippen LogP contribution in [0.4, 0.5) is 5.69 Å². The van der Waals surface area contributed by atoms with Gasteiger partial charge in [0.2, 0.25) is 17.7 Å². The highest BCUT2D eigenvalue weighted by molar-refractivity contribution is 5.97. The number of benzene rings is 1. The molecule has 0 aromatic heterocycles. The minimum atomic E-state index is -0.576. The number of hydrogen-bond acceptors (Lipinski definition) is 5. The van der Waals surface area contributed by atoms with E-state index in [1.165, 1.54) is 5.56 Å². The fraction of sp³-hybridized carbons (Fsp3) is 0.645. The Morgan fingerprint density at radius 3 is 2.69 bits per heavy atom. The maximum absolute atomic E-state index is 13.9. The largest absolute Gasteiger partial charge is 0.381 e. The third-order valence-electron chi connectivity index (χ3n) is 9.09. The third kappa shape index (κ3) is 6.38. The molecule has 4 heterocycles. The second-order valence-electron chi connectivity index (χ2n) is 12.3. The number of rotatable bonds is 4. The van der Waals surface area contributed by atoms with Crippen molar-refractivity contribution in [2.75, 3.05) is 44.3 Å². The van der Waals surface area contributed by atoms with Gasteiger partial charge < -0.3 is 20.3 Å². The lowest BCUT2D eigenvalue weighted by atomic mass is 9.74. The van der Waals surface area contributed by atoms with Gasteiger partial charge >= 0.3 is 0 Å². The molecular weight excluding hydrogens is 492 g/mol. The fourth-order valence-corrected chi connectivity index (χ4v) is 6.63. The van der Waals surface area contributed by atoms with Gasteiger partial charge in [0, 0.05) is 30.8 Å². The van der Waals surface area contributed by atoms with E-state index in [2.05, 4.69) is 47.6 Å². The number of likely N-dealkylation sites (tertiary alicyclic amines) is 1. The Morgan fingerprint density at radius 2 is 1.90 bits per heavy atom. The number of piperidine rings is 1. The maximum Gasteiger partial charge on any atom is 0.242 e. The molecule has 1 aromatic carbocycles. The summed E-state index contributed by atoms with van der Waals surface area (Å²) < 4.78 is 5.73. The van der Waals surface area contributed by atoms with Crippen LogP contribution in [0.5, 0.6) is 0 Å². The number of ether oxygens (including phenoxy) is 1. The summed E-state index contributed by atoms with van der Waals surface area (Å²) in [5.41, 5.74) is 1.68. The van der Waals surface area contributed by atoms with Crippen molar-refractivity contribution in [2.24, 2.45) is 17.3 Å². The molecular formula is C31H44N4O4. The van der Waals surface area contributed by atoms with Crippen molar-refractivity contribution in [3.63, 3.8) is 0 Å². The number of amides is 3. The van der Waals surface area contributed by atoms with Crippen molar-refractivity contribution in [1.82, 2.24) is 15.5 Å². The average molecular weight is 537 g/mol. The van der Waals surface area contributed by atoms with Crippen molar-refractivity contribution in [1.29, 1.82) is 0 Å². The number of carbonyl (C=O) groups excluding carboxylic acids is 3. The van der Waals surface area contributed by atoms with Gasteiger partial charge in [0.15, 0.2) is 0 Å². The molecule has 212 valence electrons. The standard InChI is InChI=1S/C31H44N4O4/c1-22(2)19-26-29(37)32-25-11-18-39-21-24(25)8-5-6-12-31(30(38)33-26)13-16-34(17-14-31)20-28(36)35-15-10-23-7-3-4-9-27(23)35/h3-7,9,22,24-26H,8,10-21H2,1-2H3,(H,32,37)(H,33,38)/b6-5+/t24-,25+,26+/m1/s1. The predicted molar refractivity (Wildman–Crippen MR) is 151 cm³/mol. The quantitative estimate of drug-likeness (QED) is 0.578. The van der Waals surface area contributed by atoms with Gasteiger partial charge in [-0.2, -0.15) is 0 Å². The highest BCUT2D eigenvalue weighted by Crippen LogP contribution is 2.37. The Balaban J connectivity index is 1.27. The molecule has 0 saturated carbocycles. The first-order valence-corrected chi connectivity index (χ1v) is 14.8. The minimum Gasteiger partial charge on any atom is -0.381 e. The van der Waals surface area contributed by atoms with Crippen LogP contribution in [0.25, 0.3) is 0 Å². The zero-order chi connectivity index (χ0) is 27.4. The topological polar surface area (TPSA) is 91.0 Å².